The first kappa shape index (κ1) is 43.1. The Morgan fingerprint density at radius 3 is 1.25 bits per heavy atom. The van der Waals surface area contributed by atoms with E-state index >= 15 is 0 Å². The van der Waals surface area contributed by atoms with Crippen molar-refractivity contribution >= 4 is 5.91 Å². The molecule has 0 aliphatic rings. The summed E-state index contributed by atoms with van der Waals surface area (Å²) in [6.07, 6.45) is 44.1. The zero-order chi connectivity index (χ0) is 32.2. The third kappa shape index (κ3) is 32.5. The zero-order valence-corrected chi connectivity index (χ0v) is 29.9. The Morgan fingerprint density at radius 1 is 0.523 bits per heavy atom. The minimum Gasteiger partial charge on any atom is -0.394 e. The fourth-order valence-corrected chi connectivity index (χ4v) is 6.18. The van der Waals surface area contributed by atoms with Crippen LogP contribution in [0.4, 0.5) is 0 Å². The minimum atomic E-state index is -0.658. The van der Waals surface area contributed by atoms with Crippen LogP contribution in [0.25, 0.3) is 0 Å². The molecule has 0 aliphatic carbocycles. The first-order chi connectivity index (χ1) is 21.7. The highest BCUT2D eigenvalue weighted by Crippen LogP contribution is 2.16. The van der Waals surface area contributed by atoms with Gasteiger partial charge in [0.1, 0.15) is 0 Å². The van der Waals surface area contributed by atoms with Gasteiger partial charge in [0.05, 0.1) is 18.8 Å². The molecule has 0 bridgehead atoms. The molecule has 0 fully saturated rings. The number of aliphatic hydroxyl groups is 2. The smallest absolute Gasteiger partial charge is 0.220 e. The number of allylic oxidation sites excluding steroid dienone is 2. The van der Waals surface area contributed by atoms with Crippen LogP contribution in [0.3, 0.4) is 0 Å². The van der Waals surface area contributed by atoms with Gasteiger partial charge in [-0.2, -0.15) is 0 Å². The third-order valence-electron chi connectivity index (χ3n) is 9.28. The van der Waals surface area contributed by atoms with E-state index in [2.05, 4.69) is 31.3 Å². The van der Waals surface area contributed by atoms with Crippen LogP contribution in [-0.4, -0.2) is 34.9 Å². The lowest BCUT2D eigenvalue weighted by molar-refractivity contribution is -0.123. The van der Waals surface area contributed by atoms with Crippen molar-refractivity contribution in [3.05, 3.63) is 12.2 Å². The summed E-state index contributed by atoms with van der Waals surface area (Å²) in [7, 11) is 0. The van der Waals surface area contributed by atoms with Gasteiger partial charge in [-0.3, -0.25) is 4.79 Å². The summed E-state index contributed by atoms with van der Waals surface area (Å²) >= 11 is 0. The molecule has 0 saturated heterocycles. The lowest BCUT2D eigenvalue weighted by Crippen LogP contribution is -2.45. The molecular weight excluding hydrogens is 542 g/mol. The minimum absolute atomic E-state index is 0.0391. The van der Waals surface area contributed by atoms with Gasteiger partial charge >= 0.3 is 0 Å². The lowest BCUT2D eigenvalue weighted by atomic mass is 10.0. The Hall–Kier alpha value is -0.870. The second-order valence-electron chi connectivity index (χ2n) is 13.7. The molecule has 0 rings (SSSR count). The number of aliphatic hydroxyl groups excluding tert-OH is 2. The average Bonchev–Trinajstić information content (AvgIpc) is 3.03. The van der Waals surface area contributed by atoms with Crippen molar-refractivity contribution in [3.63, 3.8) is 0 Å². The lowest BCUT2D eigenvalue weighted by Gasteiger charge is -2.22. The van der Waals surface area contributed by atoms with Gasteiger partial charge in [0, 0.05) is 6.42 Å². The molecule has 0 aromatic heterocycles. The van der Waals surface area contributed by atoms with E-state index in [9.17, 15) is 15.0 Å². The van der Waals surface area contributed by atoms with E-state index in [1.807, 2.05) is 0 Å². The molecule has 4 heteroatoms. The monoisotopic (exact) mass is 622 g/mol. The molecular formula is C40H79NO3. The summed E-state index contributed by atoms with van der Waals surface area (Å²) in [6, 6.07) is -0.535. The van der Waals surface area contributed by atoms with E-state index in [0.717, 1.165) is 25.7 Å². The number of unbranched alkanes of at least 4 members (excludes halogenated alkanes) is 27. The van der Waals surface area contributed by atoms with Crippen LogP contribution >= 0.6 is 0 Å². The first-order valence-corrected chi connectivity index (χ1v) is 19.9. The van der Waals surface area contributed by atoms with E-state index < -0.39 is 12.1 Å². The molecule has 44 heavy (non-hydrogen) atoms. The number of nitrogens with one attached hydrogen (secondary N) is 1. The second-order valence-corrected chi connectivity index (χ2v) is 13.7. The quantitative estimate of drug-likeness (QED) is 0.0481. The average molecular weight is 622 g/mol. The molecule has 1 amide bonds. The standard InChI is InChI=1S/C40H79NO3/c1-3-5-7-9-11-13-15-17-19-20-21-22-23-25-27-29-31-33-35-39(43)38(37-42)41-40(44)36-34-32-30-28-26-24-18-16-14-12-10-8-6-4-2/h16,18,38-39,42-43H,3-15,17,19-37H2,1-2H3,(H,41,44)/b18-16-. The Kier molecular flexibility index (Phi) is 35.9. The first-order valence-electron chi connectivity index (χ1n) is 19.9. The highest BCUT2D eigenvalue weighted by molar-refractivity contribution is 5.76. The highest BCUT2D eigenvalue weighted by Gasteiger charge is 2.19. The highest BCUT2D eigenvalue weighted by atomic mass is 16.3. The van der Waals surface area contributed by atoms with E-state index in [-0.39, 0.29) is 12.5 Å². The SMILES string of the molecule is CCCCCCC/C=C\CCCCCCCC(=O)NC(CO)C(O)CCCCCCCCCCCCCCCCCCCC. The van der Waals surface area contributed by atoms with Crippen molar-refractivity contribution in [1.82, 2.24) is 5.32 Å². The number of hydrogen-bond donors (Lipinski definition) is 3. The number of amides is 1. The molecule has 0 saturated carbocycles. The Bertz CT molecular complexity index is 593. The van der Waals surface area contributed by atoms with Crippen LogP contribution in [0.5, 0.6) is 0 Å². The maximum atomic E-state index is 12.3. The Balaban J connectivity index is 3.53. The second kappa shape index (κ2) is 36.6. The van der Waals surface area contributed by atoms with E-state index in [4.69, 9.17) is 0 Å². The summed E-state index contributed by atoms with van der Waals surface area (Å²) in [5.74, 6) is -0.0391. The van der Waals surface area contributed by atoms with Crippen molar-refractivity contribution < 1.29 is 15.0 Å². The molecule has 2 unspecified atom stereocenters. The molecule has 262 valence electrons. The van der Waals surface area contributed by atoms with Gasteiger partial charge in [-0.1, -0.05) is 187 Å². The van der Waals surface area contributed by atoms with E-state index in [1.165, 1.54) is 167 Å². The number of rotatable bonds is 36. The summed E-state index contributed by atoms with van der Waals surface area (Å²) in [6.45, 7) is 4.35. The van der Waals surface area contributed by atoms with Gasteiger partial charge in [0.15, 0.2) is 0 Å². The fraction of sp³-hybridized carbons (Fsp3) is 0.925. The number of carbonyl (C=O) groups excluding carboxylic acids is 1. The normalized spacial score (nSPS) is 13.1. The summed E-state index contributed by atoms with van der Waals surface area (Å²) < 4.78 is 0. The van der Waals surface area contributed by atoms with Crippen molar-refractivity contribution in [2.75, 3.05) is 6.61 Å². The maximum absolute atomic E-state index is 12.3. The third-order valence-corrected chi connectivity index (χ3v) is 9.28. The van der Waals surface area contributed by atoms with Crippen molar-refractivity contribution in [3.8, 4) is 0 Å². The molecule has 0 spiro atoms. The van der Waals surface area contributed by atoms with Crippen LogP contribution in [0.15, 0.2) is 12.2 Å². The van der Waals surface area contributed by atoms with Crippen molar-refractivity contribution in [2.24, 2.45) is 0 Å². The zero-order valence-electron chi connectivity index (χ0n) is 29.9. The largest absolute Gasteiger partial charge is 0.394 e. The van der Waals surface area contributed by atoms with Gasteiger partial charge in [0.25, 0.3) is 0 Å². The summed E-state index contributed by atoms with van der Waals surface area (Å²) in [4.78, 5) is 12.3. The molecule has 0 radical (unpaired) electrons. The van der Waals surface area contributed by atoms with Crippen LogP contribution in [-0.2, 0) is 4.79 Å². The van der Waals surface area contributed by atoms with Crippen LogP contribution in [0, 0.1) is 0 Å². The van der Waals surface area contributed by atoms with E-state index in [0.29, 0.717) is 12.8 Å². The van der Waals surface area contributed by atoms with Crippen molar-refractivity contribution in [1.29, 1.82) is 0 Å². The molecule has 4 nitrogen and oxygen atoms in total. The molecule has 0 heterocycles. The topological polar surface area (TPSA) is 69.6 Å². The van der Waals surface area contributed by atoms with Crippen molar-refractivity contribution in [2.45, 2.75) is 231 Å². The van der Waals surface area contributed by atoms with Crippen LogP contribution in [0.2, 0.25) is 0 Å². The summed E-state index contributed by atoms with van der Waals surface area (Å²) in [5.41, 5.74) is 0. The van der Waals surface area contributed by atoms with Crippen LogP contribution in [0.1, 0.15) is 219 Å². The number of hydrogen-bond acceptors (Lipinski definition) is 3. The molecule has 0 aliphatic heterocycles. The molecule has 2 atom stereocenters. The Labute approximate surface area is 276 Å². The van der Waals surface area contributed by atoms with Gasteiger partial charge in [0.2, 0.25) is 5.91 Å². The Morgan fingerprint density at radius 2 is 0.864 bits per heavy atom. The molecule has 0 aromatic rings. The molecule has 3 N–H and O–H groups in total. The maximum Gasteiger partial charge on any atom is 0.220 e. The van der Waals surface area contributed by atoms with Gasteiger partial charge < -0.3 is 15.5 Å². The molecule has 0 aromatic carbocycles. The predicted molar refractivity (Wildman–Crippen MR) is 193 cm³/mol. The van der Waals surface area contributed by atoms with Gasteiger partial charge in [-0.15, -0.1) is 0 Å². The predicted octanol–water partition coefficient (Wildman–Crippen LogP) is 11.9. The van der Waals surface area contributed by atoms with Gasteiger partial charge in [-0.05, 0) is 38.5 Å². The number of carbonyl (C=O) groups is 1. The summed E-state index contributed by atoms with van der Waals surface area (Å²) in [5, 5.41) is 23.1. The van der Waals surface area contributed by atoms with Crippen LogP contribution < -0.4 is 5.32 Å². The van der Waals surface area contributed by atoms with E-state index in [1.54, 1.807) is 0 Å². The fourth-order valence-electron chi connectivity index (χ4n) is 6.18. The van der Waals surface area contributed by atoms with Gasteiger partial charge in [-0.25, -0.2) is 0 Å².